The van der Waals surface area contributed by atoms with Crippen LogP contribution in [0.5, 0.6) is 11.5 Å². The molecule has 0 radical (unpaired) electrons. The number of carbonyl (C=O) groups is 1. The third-order valence-corrected chi connectivity index (χ3v) is 3.30. The smallest absolute Gasteiger partial charge is 0.387 e. The van der Waals surface area contributed by atoms with Crippen LogP contribution in [0, 0.1) is 0 Å². The Hall–Kier alpha value is -2.15. The quantitative estimate of drug-likeness (QED) is 0.783. The van der Waals surface area contributed by atoms with E-state index in [-0.39, 0.29) is 29.6 Å². The molecule has 0 bridgehead atoms. The van der Waals surface area contributed by atoms with Gasteiger partial charge in [-0.3, -0.25) is 4.79 Å². The van der Waals surface area contributed by atoms with E-state index in [0.717, 1.165) is 4.47 Å². The number of anilines is 1. The molecule has 122 valence electrons. The predicted octanol–water partition coefficient (Wildman–Crippen LogP) is 4.70. The van der Waals surface area contributed by atoms with Crippen LogP contribution < -0.4 is 14.8 Å². The Kier molecular flexibility index (Phi) is 5.92. The first-order valence-electron chi connectivity index (χ1n) is 6.78. The van der Waals surface area contributed by atoms with E-state index in [9.17, 15) is 13.6 Å². The second-order valence-corrected chi connectivity index (χ2v) is 5.35. The Morgan fingerprint density at radius 3 is 2.65 bits per heavy atom. The summed E-state index contributed by atoms with van der Waals surface area (Å²) in [7, 11) is 0. The van der Waals surface area contributed by atoms with Gasteiger partial charge in [0.1, 0.15) is 0 Å². The lowest BCUT2D eigenvalue weighted by Gasteiger charge is -2.13. The highest BCUT2D eigenvalue weighted by atomic mass is 79.9. The van der Waals surface area contributed by atoms with Gasteiger partial charge in [-0.2, -0.15) is 8.78 Å². The van der Waals surface area contributed by atoms with Crippen LogP contribution in [0.4, 0.5) is 14.5 Å². The van der Waals surface area contributed by atoms with Crippen molar-refractivity contribution in [3.05, 3.63) is 52.5 Å². The minimum absolute atomic E-state index is 0.0923. The van der Waals surface area contributed by atoms with Gasteiger partial charge in [0.2, 0.25) is 0 Å². The number of carbonyl (C=O) groups excluding carboxylic acids is 1. The summed E-state index contributed by atoms with van der Waals surface area (Å²) in [6, 6.07) is 11.1. The van der Waals surface area contributed by atoms with Crippen LogP contribution >= 0.6 is 15.9 Å². The molecule has 0 aliphatic carbocycles. The van der Waals surface area contributed by atoms with E-state index in [1.165, 1.54) is 18.2 Å². The molecular weight excluding hydrogens is 372 g/mol. The molecule has 0 saturated heterocycles. The fourth-order valence-corrected chi connectivity index (χ4v) is 2.28. The fourth-order valence-electron chi connectivity index (χ4n) is 1.88. The Morgan fingerprint density at radius 2 is 2.00 bits per heavy atom. The number of ether oxygens (including phenoxy) is 2. The largest absolute Gasteiger partial charge is 0.490 e. The third kappa shape index (κ3) is 4.92. The highest BCUT2D eigenvalue weighted by Crippen LogP contribution is 2.30. The molecule has 0 aliphatic rings. The van der Waals surface area contributed by atoms with Crippen molar-refractivity contribution in [2.45, 2.75) is 13.5 Å². The van der Waals surface area contributed by atoms with Gasteiger partial charge in [-0.15, -0.1) is 0 Å². The average Bonchev–Trinajstić information content (AvgIpc) is 2.48. The molecule has 4 nitrogen and oxygen atoms in total. The van der Waals surface area contributed by atoms with Crippen LogP contribution in [0.3, 0.4) is 0 Å². The van der Waals surface area contributed by atoms with Gasteiger partial charge in [-0.1, -0.05) is 22.0 Å². The zero-order valence-electron chi connectivity index (χ0n) is 12.2. The van der Waals surface area contributed by atoms with E-state index in [2.05, 4.69) is 26.0 Å². The second kappa shape index (κ2) is 7.92. The highest BCUT2D eigenvalue weighted by Gasteiger charge is 2.14. The van der Waals surface area contributed by atoms with Gasteiger partial charge < -0.3 is 14.8 Å². The van der Waals surface area contributed by atoms with Gasteiger partial charge in [-0.05, 0) is 43.3 Å². The number of amides is 1. The zero-order valence-corrected chi connectivity index (χ0v) is 13.8. The van der Waals surface area contributed by atoms with E-state index >= 15 is 0 Å². The Bertz CT molecular complexity index is 695. The van der Waals surface area contributed by atoms with Crippen molar-refractivity contribution in [2.24, 2.45) is 0 Å². The molecule has 0 spiro atoms. The lowest BCUT2D eigenvalue weighted by molar-refractivity contribution is -0.0514. The molecule has 2 aromatic carbocycles. The average molecular weight is 386 g/mol. The lowest BCUT2D eigenvalue weighted by atomic mass is 10.2. The maximum Gasteiger partial charge on any atom is 0.387 e. The molecule has 0 aliphatic heterocycles. The van der Waals surface area contributed by atoms with Crippen molar-refractivity contribution in [3.8, 4) is 11.5 Å². The molecule has 0 saturated carbocycles. The van der Waals surface area contributed by atoms with E-state index in [0.29, 0.717) is 5.69 Å². The van der Waals surface area contributed by atoms with Gasteiger partial charge in [0, 0.05) is 15.7 Å². The first-order valence-corrected chi connectivity index (χ1v) is 7.57. The van der Waals surface area contributed by atoms with Crippen molar-refractivity contribution in [2.75, 3.05) is 11.9 Å². The van der Waals surface area contributed by atoms with Crippen LogP contribution in [0.1, 0.15) is 17.3 Å². The van der Waals surface area contributed by atoms with Gasteiger partial charge in [0.25, 0.3) is 5.91 Å². The summed E-state index contributed by atoms with van der Waals surface area (Å²) in [5.74, 6) is -0.400. The minimum atomic E-state index is -2.96. The Balaban J connectivity index is 2.21. The number of hydrogen-bond acceptors (Lipinski definition) is 3. The standard InChI is InChI=1S/C16H14BrF2NO3/c1-2-22-14-8-10(6-7-13(14)23-16(18)19)15(21)20-12-5-3-4-11(17)9-12/h3-9,16H,2H2,1H3,(H,20,21). The molecule has 0 atom stereocenters. The van der Waals surface area contributed by atoms with Crippen molar-refractivity contribution in [3.63, 3.8) is 0 Å². The summed E-state index contributed by atoms with van der Waals surface area (Å²) < 4.78 is 35.2. The maximum absolute atomic E-state index is 12.4. The van der Waals surface area contributed by atoms with Crippen molar-refractivity contribution in [1.29, 1.82) is 0 Å². The third-order valence-electron chi connectivity index (χ3n) is 2.80. The molecule has 0 unspecified atom stereocenters. The topological polar surface area (TPSA) is 47.6 Å². The van der Waals surface area contributed by atoms with E-state index in [1.54, 1.807) is 25.1 Å². The molecule has 2 aromatic rings. The van der Waals surface area contributed by atoms with Crippen LogP contribution in [-0.4, -0.2) is 19.1 Å². The normalized spacial score (nSPS) is 10.5. The molecular formula is C16H14BrF2NO3. The molecule has 1 amide bonds. The molecule has 0 aromatic heterocycles. The Morgan fingerprint density at radius 1 is 1.22 bits per heavy atom. The molecule has 0 heterocycles. The van der Waals surface area contributed by atoms with Crippen LogP contribution in [0.2, 0.25) is 0 Å². The van der Waals surface area contributed by atoms with E-state index in [4.69, 9.17) is 4.74 Å². The van der Waals surface area contributed by atoms with Crippen LogP contribution in [-0.2, 0) is 0 Å². The van der Waals surface area contributed by atoms with E-state index < -0.39 is 6.61 Å². The summed E-state index contributed by atoms with van der Waals surface area (Å²) in [5, 5.41) is 2.72. The van der Waals surface area contributed by atoms with Gasteiger partial charge >= 0.3 is 6.61 Å². The molecule has 0 fully saturated rings. The first kappa shape index (κ1) is 17.2. The number of benzene rings is 2. The van der Waals surface area contributed by atoms with Crippen molar-refractivity contribution >= 4 is 27.5 Å². The molecule has 23 heavy (non-hydrogen) atoms. The number of alkyl halides is 2. The summed E-state index contributed by atoms with van der Waals surface area (Å²) >= 11 is 3.31. The second-order valence-electron chi connectivity index (χ2n) is 4.44. The summed E-state index contributed by atoms with van der Waals surface area (Å²) in [6.07, 6.45) is 0. The van der Waals surface area contributed by atoms with Crippen molar-refractivity contribution < 1.29 is 23.0 Å². The maximum atomic E-state index is 12.4. The SMILES string of the molecule is CCOc1cc(C(=O)Nc2cccc(Br)c2)ccc1OC(F)F. The number of halogens is 3. The minimum Gasteiger partial charge on any atom is -0.490 e. The summed E-state index contributed by atoms with van der Waals surface area (Å²) in [4.78, 5) is 12.2. The fraction of sp³-hybridized carbons (Fsp3) is 0.188. The highest BCUT2D eigenvalue weighted by molar-refractivity contribution is 9.10. The predicted molar refractivity (Wildman–Crippen MR) is 86.3 cm³/mol. The Labute approximate surface area is 140 Å². The van der Waals surface area contributed by atoms with Gasteiger partial charge in [-0.25, -0.2) is 0 Å². The monoisotopic (exact) mass is 385 g/mol. The number of hydrogen-bond donors (Lipinski definition) is 1. The molecule has 1 N–H and O–H groups in total. The lowest BCUT2D eigenvalue weighted by Crippen LogP contribution is -2.12. The first-order chi connectivity index (χ1) is 11.0. The van der Waals surface area contributed by atoms with Crippen molar-refractivity contribution in [1.82, 2.24) is 0 Å². The summed E-state index contributed by atoms with van der Waals surface area (Å²) in [5.41, 5.74) is 0.880. The van der Waals surface area contributed by atoms with Crippen LogP contribution in [0.25, 0.3) is 0 Å². The van der Waals surface area contributed by atoms with Gasteiger partial charge in [0.05, 0.1) is 6.61 Å². The molecule has 7 heteroatoms. The van der Waals surface area contributed by atoms with E-state index in [1.807, 2.05) is 6.07 Å². The van der Waals surface area contributed by atoms with Crippen LogP contribution in [0.15, 0.2) is 46.9 Å². The van der Waals surface area contributed by atoms with Gasteiger partial charge in [0.15, 0.2) is 11.5 Å². The zero-order chi connectivity index (χ0) is 16.8. The number of nitrogens with one attached hydrogen (secondary N) is 1. The molecule has 2 rings (SSSR count). The number of rotatable bonds is 6. The summed E-state index contributed by atoms with van der Waals surface area (Å²) in [6.45, 7) is -0.994.